The average Bonchev–Trinajstić information content (AvgIpc) is 2.96. The Morgan fingerprint density at radius 3 is 3.18 bits per heavy atom. The Morgan fingerprint density at radius 1 is 1.53 bits per heavy atom. The van der Waals surface area contributed by atoms with Crippen LogP contribution in [0.5, 0.6) is 0 Å². The van der Waals surface area contributed by atoms with Crippen molar-refractivity contribution in [1.82, 2.24) is 9.97 Å². The highest BCUT2D eigenvalue weighted by molar-refractivity contribution is 7.17. The summed E-state index contributed by atoms with van der Waals surface area (Å²) in [5, 5.41) is 12.5. The second kappa shape index (κ2) is 4.23. The van der Waals surface area contributed by atoms with E-state index < -0.39 is 0 Å². The molecular weight excluding hydrogens is 234 g/mol. The first-order valence-corrected chi connectivity index (χ1v) is 6.72. The topological polar surface area (TPSA) is 49.2 Å². The third-order valence-corrected chi connectivity index (χ3v) is 4.38. The van der Waals surface area contributed by atoms with Crippen LogP contribution in [0.15, 0.2) is 11.7 Å². The highest BCUT2D eigenvalue weighted by Gasteiger charge is 2.24. The van der Waals surface area contributed by atoms with Crippen molar-refractivity contribution in [3.05, 3.63) is 17.3 Å². The first-order valence-electron chi connectivity index (χ1n) is 5.84. The van der Waals surface area contributed by atoms with E-state index >= 15 is 0 Å². The number of aryl methyl sites for hydroxylation is 1. The highest BCUT2D eigenvalue weighted by Crippen LogP contribution is 2.33. The Labute approximate surface area is 104 Å². The number of rotatable bonds is 2. The fourth-order valence-electron chi connectivity index (χ4n) is 2.41. The molecule has 0 bridgehead atoms. The first-order chi connectivity index (χ1) is 8.29. The van der Waals surface area contributed by atoms with E-state index in [4.69, 9.17) is 0 Å². The smallest absolute Gasteiger partial charge is 0.141 e. The zero-order chi connectivity index (χ0) is 11.8. The predicted molar refractivity (Wildman–Crippen MR) is 69.6 cm³/mol. The van der Waals surface area contributed by atoms with Gasteiger partial charge in [-0.25, -0.2) is 9.97 Å². The zero-order valence-electron chi connectivity index (χ0n) is 9.76. The summed E-state index contributed by atoms with van der Waals surface area (Å²) in [7, 11) is 0. The molecule has 3 heterocycles. The van der Waals surface area contributed by atoms with E-state index in [0.29, 0.717) is 5.92 Å². The van der Waals surface area contributed by atoms with E-state index in [-0.39, 0.29) is 6.61 Å². The molecule has 0 saturated carbocycles. The van der Waals surface area contributed by atoms with Crippen molar-refractivity contribution in [2.45, 2.75) is 13.3 Å². The van der Waals surface area contributed by atoms with Gasteiger partial charge in [-0.15, -0.1) is 11.3 Å². The van der Waals surface area contributed by atoms with E-state index in [1.54, 1.807) is 17.7 Å². The summed E-state index contributed by atoms with van der Waals surface area (Å²) in [5.74, 6) is 1.42. The van der Waals surface area contributed by atoms with Crippen molar-refractivity contribution >= 4 is 27.4 Å². The van der Waals surface area contributed by atoms with Crippen molar-refractivity contribution in [2.75, 3.05) is 24.6 Å². The highest BCUT2D eigenvalue weighted by atomic mass is 32.1. The number of hydrogen-bond donors (Lipinski definition) is 1. The van der Waals surface area contributed by atoms with Crippen LogP contribution in [0, 0.1) is 12.8 Å². The summed E-state index contributed by atoms with van der Waals surface area (Å²) in [4.78, 5) is 12.1. The fourth-order valence-corrected chi connectivity index (χ4v) is 3.30. The Hall–Kier alpha value is -1.20. The van der Waals surface area contributed by atoms with Crippen LogP contribution >= 0.6 is 11.3 Å². The van der Waals surface area contributed by atoms with Gasteiger partial charge in [-0.1, -0.05) is 0 Å². The quantitative estimate of drug-likeness (QED) is 0.882. The number of aliphatic hydroxyl groups is 1. The van der Waals surface area contributed by atoms with E-state index in [1.165, 1.54) is 10.9 Å². The number of nitrogens with zero attached hydrogens (tertiary/aromatic N) is 3. The molecule has 1 saturated heterocycles. The van der Waals surface area contributed by atoms with Crippen molar-refractivity contribution in [1.29, 1.82) is 0 Å². The minimum Gasteiger partial charge on any atom is -0.396 e. The molecule has 0 aliphatic carbocycles. The number of aromatic nitrogens is 2. The first kappa shape index (κ1) is 10.9. The SMILES string of the molecule is Cc1csc2ncnc(N3CCC(CO)C3)c12. The minimum absolute atomic E-state index is 0.271. The Morgan fingerprint density at radius 2 is 2.41 bits per heavy atom. The van der Waals surface area contributed by atoms with Gasteiger partial charge >= 0.3 is 0 Å². The summed E-state index contributed by atoms with van der Waals surface area (Å²) < 4.78 is 0. The molecule has 1 aliphatic rings. The third-order valence-electron chi connectivity index (χ3n) is 3.38. The lowest BCUT2D eigenvalue weighted by molar-refractivity contribution is 0.238. The van der Waals surface area contributed by atoms with Gasteiger partial charge in [0.1, 0.15) is 17.0 Å². The lowest BCUT2D eigenvalue weighted by atomic mass is 10.1. The van der Waals surface area contributed by atoms with Gasteiger partial charge in [0.05, 0.1) is 5.39 Å². The number of fused-ring (bicyclic) bond motifs is 1. The molecule has 2 aromatic rings. The van der Waals surface area contributed by atoms with E-state index in [1.807, 2.05) is 0 Å². The summed E-state index contributed by atoms with van der Waals surface area (Å²) in [6, 6.07) is 0. The summed E-state index contributed by atoms with van der Waals surface area (Å²) in [5.41, 5.74) is 1.24. The molecule has 17 heavy (non-hydrogen) atoms. The number of aliphatic hydroxyl groups excluding tert-OH is 1. The van der Waals surface area contributed by atoms with Gasteiger partial charge in [0.25, 0.3) is 0 Å². The zero-order valence-corrected chi connectivity index (χ0v) is 10.6. The van der Waals surface area contributed by atoms with Crippen LogP contribution in [-0.2, 0) is 0 Å². The molecule has 1 atom stereocenters. The maximum absolute atomic E-state index is 9.20. The Balaban J connectivity index is 2.03. The normalized spacial score (nSPS) is 20.4. The number of hydrogen-bond acceptors (Lipinski definition) is 5. The van der Waals surface area contributed by atoms with E-state index in [2.05, 4.69) is 27.2 Å². The molecule has 90 valence electrons. The second-order valence-corrected chi connectivity index (χ2v) is 5.44. The van der Waals surface area contributed by atoms with Gasteiger partial charge in [0, 0.05) is 25.6 Å². The average molecular weight is 249 g/mol. The number of thiophene rings is 1. The third kappa shape index (κ3) is 1.79. The van der Waals surface area contributed by atoms with Crippen molar-refractivity contribution in [2.24, 2.45) is 5.92 Å². The molecule has 3 rings (SSSR count). The minimum atomic E-state index is 0.271. The Bertz CT molecular complexity index is 540. The van der Waals surface area contributed by atoms with Gasteiger partial charge in [-0.2, -0.15) is 0 Å². The van der Waals surface area contributed by atoms with E-state index in [9.17, 15) is 5.11 Å². The van der Waals surface area contributed by atoms with Crippen LogP contribution < -0.4 is 4.90 Å². The molecule has 0 amide bonds. The molecule has 0 radical (unpaired) electrons. The van der Waals surface area contributed by atoms with Gasteiger partial charge in [0.2, 0.25) is 0 Å². The van der Waals surface area contributed by atoms with Gasteiger partial charge in [-0.05, 0) is 24.3 Å². The predicted octanol–water partition coefficient (Wildman–Crippen LogP) is 1.82. The van der Waals surface area contributed by atoms with Gasteiger partial charge in [0.15, 0.2) is 0 Å². The molecule has 0 aromatic carbocycles. The van der Waals surface area contributed by atoms with Crippen LogP contribution in [0.2, 0.25) is 0 Å². The molecular formula is C12H15N3OS. The van der Waals surface area contributed by atoms with Crippen molar-refractivity contribution in [3.63, 3.8) is 0 Å². The molecule has 4 nitrogen and oxygen atoms in total. The molecule has 1 unspecified atom stereocenters. The molecule has 1 fully saturated rings. The van der Waals surface area contributed by atoms with Crippen LogP contribution in [0.1, 0.15) is 12.0 Å². The lowest BCUT2D eigenvalue weighted by Crippen LogP contribution is -2.22. The number of anilines is 1. The van der Waals surface area contributed by atoms with E-state index in [0.717, 1.165) is 30.2 Å². The second-order valence-electron chi connectivity index (χ2n) is 4.58. The maximum Gasteiger partial charge on any atom is 0.141 e. The van der Waals surface area contributed by atoms with Crippen LogP contribution in [0.25, 0.3) is 10.2 Å². The van der Waals surface area contributed by atoms with Crippen molar-refractivity contribution in [3.8, 4) is 0 Å². The van der Waals surface area contributed by atoms with Crippen LogP contribution in [-0.4, -0.2) is 34.8 Å². The lowest BCUT2D eigenvalue weighted by Gasteiger charge is -2.18. The monoisotopic (exact) mass is 249 g/mol. The Kier molecular flexibility index (Phi) is 2.72. The summed E-state index contributed by atoms with van der Waals surface area (Å²) in [6.45, 7) is 4.25. The van der Waals surface area contributed by atoms with Crippen molar-refractivity contribution < 1.29 is 5.11 Å². The molecule has 1 aliphatic heterocycles. The summed E-state index contributed by atoms with van der Waals surface area (Å²) in [6.07, 6.45) is 2.69. The maximum atomic E-state index is 9.20. The molecule has 5 heteroatoms. The van der Waals surface area contributed by atoms with Gasteiger partial charge in [-0.3, -0.25) is 0 Å². The molecule has 0 spiro atoms. The fraction of sp³-hybridized carbons (Fsp3) is 0.500. The van der Waals surface area contributed by atoms with Crippen LogP contribution in [0.4, 0.5) is 5.82 Å². The molecule has 1 N–H and O–H groups in total. The van der Waals surface area contributed by atoms with Crippen LogP contribution in [0.3, 0.4) is 0 Å². The standard InChI is InChI=1S/C12H15N3OS/c1-8-6-17-12-10(8)11(13-7-14-12)15-3-2-9(4-15)5-16/h6-7,9,16H,2-5H2,1H3. The largest absolute Gasteiger partial charge is 0.396 e. The molecule has 2 aromatic heterocycles. The summed E-state index contributed by atoms with van der Waals surface area (Å²) >= 11 is 1.67. The van der Waals surface area contributed by atoms with Gasteiger partial charge < -0.3 is 10.0 Å².